The van der Waals surface area contributed by atoms with Gasteiger partial charge >= 0.3 is 0 Å². The maximum Gasteiger partial charge on any atom is 0.249 e. The third-order valence-corrected chi connectivity index (χ3v) is 5.04. The summed E-state index contributed by atoms with van der Waals surface area (Å²) in [6.07, 6.45) is 0. The van der Waals surface area contributed by atoms with E-state index in [4.69, 9.17) is 22.1 Å². The van der Waals surface area contributed by atoms with E-state index >= 15 is 0 Å². The highest BCUT2D eigenvalue weighted by Gasteiger charge is 2.17. The van der Waals surface area contributed by atoms with Gasteiger partial charge in [0.1, 0.15) is 0 Å². The van der Waals surface area contributed by atoms with E-state index in [0.29, 0.717) is 23.7 Å². The number of benzene rings is 3. The molecule has 5 heteroatoms. The highest BCUT2D eigenvalue weighted by Crippen LogP contribution is 2.33. The largest absolute Gasteiger partial charge is 0.380 e. The molecule has 0 saturated heterocycles. The number of methoxy groups -OCH3 is 1. The highest BCUT2D eigenvalue weighted by atomic mass is 35.5. The standard InChI is InChI=1S/C22H19ClN2O2/c1-27-13-15-7-10-17-20(11-15)25(12-14-5-8-16(23)9-6-14)19-4-2-3-18(21(17)19)22(24)26/h2-11H,12-13H2,1H3,(H2,24,26). The molecule has 0 atom stereocenters. The molecule has 4 aromatic rings. The molecule has 0 bridgehead atoms. The predicted molar refractivity (Wildman–Crippen MR) is 109 cm³/mol. The zero-order valence-electron chi connectivity index (χ0n) is 14.9. The Labute approximate surface area is 162 Å². The number of rotatable bonds is 5. The van der Waals surface area contributed by atoms with Crippen molar-refractivity contribution in [2.24, 2.45) is 5.73 Å². The van der Waals surface area contributed by atoms with Crippen molar-refractivity contribution in [3.8, 4) is 0 Å². The molecule has 27 heavy (non-hydrogen) atoms. The van der Waals surface area contributed by atoms with Gasteiger partial charge in [0.25, 0.3) is 0 Å². The van der Waals surface area contributed by atoms with Gasteiger partial charge in [-0.3, -0.25) is 4.79 Å². The molecule has 1 amide bonds. The average Bonchev–Trinajstić information content (AvgIpc) is 2.97. The number of carbonyl (C=O) groups excluding carboxylic acids is 1. The van der Waals surface area contributed by atoms with Crippen LogP contribution in [0.25, 0.3) is 21.8 Å². The van der Waals surface area contributed by atoms with Crippen LogP contribution in [0.5, 0.6) is 0 Å². The fourth-order valence-electron chi connectivity index (χ4n) is 3.59. The van der Waals surface area contributed by atoms with E-state index in [-0.39, 0.29) is 0 Å². The summed E-state index contributed by atoms with van der Waals surface area (Å²) in [5, 5.41) is 2.60. The minimum Gasteiger partial charge on any atom is -0.380 e. The van der Waals surface area contributed by atoms with E-state index in [1.165, 1.54) is 0 Å². The maximum atomic E-state index is 12.0. The van der Waals surface area contributed by atoms with Crippen LogP contribution in [0.2, 0.25) is 5.02 Å². The topological polar surface area (TPSA) is 57.2 Å². The zero-order chi connectivity index (χ0) is 19.0. The molecule has 0 fully saturated rings. The van der Waals surface area contributed by atoms with Crippen molar-refractivity contribution >= 4 is 39.3 Å². The van der Waals surface area contributed by atoms with Crippen molar-refractivity contribution in [2.75, 3.05) is 7.11 Å². The molecule has 2 N–H and O–H groups in total. The van der Waals surface area contributed by atoms with Crippen LogP contribution >= 0.6 is 11.6 Å². The first-order valence-corrected chi connectivity index (χ1v) is 9.03. The van der Waals surface area contributed by atoms with Gasteiger partial charge in [-0.15, -0.1) is 0 Å². The van der Waals surface area contributed by atoms with Crippen molar-refractivity contribution in [1.82, 2.24) is 4.57 Å². The molecule has 4 nitrogen and oxygen atoms in total. The lowest BCUT2D eigenvalue weighted by Gasteiger charge is -2.09. The van der Waals surface area contributed by atoms with Crippen molar-refractivity contribution in [3.63, 3.8) is 0 Å². The van der Waals surface area contributed by atoms with Gasteiger partial charge in [-0.2, -0.15) is 0 Å². The molecule has 3 aromatic carbocycles. The number of aromatic nitrogens is 1. The van der Waals surface area contributed by atoms with Crippen LogP contribution in [0.3, 0.4) is 0 Å². The molecule has 0 aliphatic rings. The van der Waals surface area contributed by atoms with Gasteiger partial charge < -0.3 is 15.0 Å². The lowest BCUT2D eigenvalue weighted by molar-refractivity contribution is 0.100. The molecule has 0 saturated carbocycles. The van der Waals surface area contributed by atoms with Crippen LogP contribution < -0.4 is 5.73 Å². The fraction of sp³-hybridized carbons (Fsp3) is 0.136. The first-order valence-electron chi connectivity index (χ1n) is 8.65. The van der Waals surface area contributed by atoms with E-state index in [2.05, 4.69) is 10.6 Å². The van der Waals surface area contributed by atoms with E-state index < -0.39 is 5.91 Å². The smallest absolute Gasteiger partial charge is 0.249 e. The van der Waals surface area contributed by atoms with Crippen LogP contribution in [0.4, 0.5) is 0 Å². The van der Waals surface area contributed by atoms with Gasteiger partial charge in [0.15, 0.2) is 0 Å². The highest BCUT2D eigenvalue weighted by molar-refractivity contribution is 6.30. The summed E-state index contributed by atoms with van der Waals surface area (Å²) in [6, 6.07) is 19.6. The monoisotopic (exact) mass is 378 g/mol. The Hall–Kier alpha value is -2.82. The van der Waals surface area contributed by atoms with Crippen LogP contribution in [-0.2, 0) is 17.9 Å². The Balaban J connectivity index is 2.00. The average molecular weight is 379 g/mol. The predicted octanol–water partition coefficient (Wildman–Crippen LogP) is 4.74. The normalized spacial score (nSPS) is 11.3. The number of fused-ring (bicyclic) bond motifs is 3. The van der Waals surface area contributed by atoms with E-state index in [9.17, 15) is 4.79 Å². The van der Waals surface area contributed by atoms with Crippen molar-refractivity contribution < 1.29 is 9.53 Å². The Morgan fingerprint density at radius 1 is 1.04 bits per heavy atom. The van der Waals surface area contributed by atoms with Crippen LogP contribution in [0.1, 0.15) is 21.5 Å². The summed E-state index contributed by atoms with van der Waals surface area (Å²) in [5.41, 5.74) is 10.4. The van der Waals surface area contributed by atoms with Gasteiger partial charge in [-0.25, -0.2) is 0 Å². The SMILES string of the molecule is COCc1ccc2c3c(C(N)=O)cccc3n(Cc3ccc(Cl)cc3)c2c1. The van der Waals surface area contributed by atoms with Crippen LogP contribution in [0, 0.1) is 0 Å². The number of ether oxygens (including phenoxy) is 1. The van der Waals surface area contributed by atoms with E-state index in [0.717, 1.165) is 32.9 Å². The van der Waals surface area contributed by atoms with E-state index in [1.54, 1.807) is 13.2 Å². The molecule has 136 valence electrons. The second-order valence-electron chi connectivity index (χ2n) is 6.56. The molecular formula is C22H19ClN2O2. The molecule has 0 aliphatic heterocycles. The quantitative estimate of drug-likeness (QED) is 0.545. The lowest BCUT2D eigenvalue weighted by atomic mass is 10.0. The van der Waals surface area contributed by atoms with Crippen LogP contribution in [-0.4, -0.2) is 17.6 Å². The minimum atomic E-state index is -0.424. The molecule has 4 rings (SSSR count). The van der Waals surface area contributed by atoms with Crippen molar-refractivity contribution in [2.45, 2.75) is 13.2 Å². The third-order valence-electron chi connectivity index (χ3n) is 4.79. The van der Waals surface area contributed by atoms with Gasteiger partial charge in [0, 0.05) is 40.5 Å². The Morgan fingerprint density at radius 2 is 1.78 bits per heavy atom. The minimum absolute atomic E-state index is 0.424. The number of halogens is 1. The number of hydrogen-bond donors (Lipinski definition) is 1. The molecule has 0 aliphatic carbocycles. The molecule has 1 heterocycles. The second kappa shape index (κ2) is 7.06. The van der Waals surface area contributed by atoms with Crippen LogP contribution in [0.15, 0.2) is 60.7 Å². The Kier molecular flexibility index (Phi) is 4.60. The second-order valence-corrected chi connectivity index (χ2v) is 7.00. The number of nitrogens with zero attached hydrogens (tertiary/aromatic N) is 1. The number of nitrogens with two attached hydrogens (primary N) is 1. The summed E-state index contributed by atoms with van der Waals surface area (Å²) in [7, 11) is 1.68. The third kappa shape index (κ3) is 3.18. The summed E-state index contributed by atoms with van der Waals surface area (Å²) in [4.78, 5) is 12.0. The first kappa shape index (κ1) is 17.6. The Morgan fingerprint density at radius 3 is 2.48 bits per heavy atom. The zero-order valence-corrected chi connectivity index (χ0v) is 15.7. The lowest BCUT2D eigenvalue weighted by Crippen LogP contribution is -2.11. The fourth-order valence-corrected chi connectivity index (χ4v) is 3.72. The van der Waals surface area contributed by atoms with Gasteiger partial charge in [0.2, 0.25) is 5.91 Å². The summed E-state index contributed by atoms with van der Waals surface area (Å²) in [5.74, 6) is -0.424. The first-order chi connectivity index (χ1) is 13.1. The molecule has 0 spiro atoms. The maximum absolute atomic E-state index is 12.0. The summed E-state index contributed by atoms with van der Waals surface area (Å²) in [6.45, 7) is 1.19. The summed E-state index contributed by atoms with van der Waals surface area (Å²) >= 11 is 6.02. The molecular weight excluding hydrogens is 360 g/mol. The van der Waals surface area contributed by atoms with Gasteiger partial charge in [-0.05, 0) is 41.5 Å². The molecule has 0 unspecified atom stereocenters. The summed E-state index contributed by atoms with van der Waals surface area (Å²) < 4.78 is 7.49. The van der Waals surface area contributed by atoms with Crippen molar-refractivity contribution in [3.05, 3.63) is 82.4 Å². The molecule has 1 aromatic heterocycles. The van der Waals surface area contributed by atoms with Gasteiger partial charge in [-0.1, -0.05) is 41.9 Å². The Bertz CT molecular complexity index is 1150. The number of carbonyl (C=O) groups is 1. The number of primary amides is 1. The van der Waals surface area contributed by atoms with Crippen molar-refractivity contribution in [1.29, 1.82) is 0 Å². The number of hydrogen-bond acceptors (Lipinski definition) is 2. The number of amides is 1. The van der Waals surface area contributed by atoms with E-state index in [1.807, 2.05) is 48.5 Å². The van der Waals surface area contributed by atoms with Gasteiger partial charge in [0.05, 0.1) is 12.1 Å². The molecule has 0 radical (unpaired) electrons.